The molecule has 0 saturated heterocycles. The summed E-state index contributed by atoms with van der Waals surface area (Å²) in [5.74, 6) is 0.124. The van der Waals surface area contributed by atoms with Crippen LogP contribution < -0.4 is 10.6 Å². The summed E-state index contributed by atoms with van der Waals surface area (Å²) in [7, 11) is 0. The molecule has 2 N–H and O–H groups in total. The van der Waals surface area contributed by atoms with E-state index in [1.807, 2.05) is 0 Å². The van der Waals surface area contributed by atoms with Crippen LogP contribution in [-0.2, 0) is 4.79 Å². The van der Waals surface area contributed by atoms with Crippen LogP contribution in [0.4, 0.5) is 0 Å². The lowest BCUT2D eigenvalue weighted by Gasteiger charge is -2.12. The lowest BCUT2D eigenvalue weighted by Crippen LogP contribution is -2.36. The molecule has 1 amide bonds. The van der Waals surface area contributed by atoms with Gasteiger partial charge in [-0.2, -0.15) is 0 Å². The molecular formula is C11H22N2O. The summed E-state index contributed by atoms with van der Waals surface area (Å²) >= 11 is 0. The van der Waals surface area contributed by atoms with Crippen molar-refractivity contribution in [2.75, 3.05) is 19.6 Å². The van der Waals surface area contributed by atoms with Crippen LogP contribution in [0.15, 0.2) is 0 Å². The van der Waals surface area contributed by atoms with E-state index in [1.54, 1.807) is 0 Å². The van der Waals surface area contributed by atoms with Crippen LogP contribution in [-0.4, -0.2) is 25.5 Å². The lowest BCUT2D eigenvalue weighted by atomic mass is 10.0. The fourth-order valence-corrected chi connectivity index (χ4v) is 1.60. The Kier molecular flexibility index (Phi) is 4.39. The van der Waals surface area contributed by atoms with Gasteiger partial charge < -0.3 is 10.6 Å². The number of amides is 1. The van der Waals surface area contributed by atoms with Gasteiger partial charge in [-0.1, -0.05) is 13.8 Å². The molecule has 0 aliphatic heterocycles. The van der Waals surface area contributed by atoms with Gasteiger partial charge in [0, 0.05) is 13.1 Å². The number of hydrogen-bond acceptors (Lipinski definition) is 2. The Hall–Kier alpha value is -0.570. The highest BCUT2D eigenvalue weighted by molar-refractivity contribution is 5.77. The summed E-state index contributed by atoms with van der Waals surface area (Å²) < 4.78 is 0. The first-order valence-corrected chi connectivity index (χ1v) is 5.70. The average molecular weight is 198 g/mol. The molecule has 82 valence electrons. The molecule has 1 fully saturated rings. The maximum Gasteiger partial charge on any atom is 0.233 e. The van der Waals surface area contributed by atoms with Crippen LogP contribution in [0.5, 0.6) is 0 Å². The number of carbonyl (C=O) groups excluding carboxylic acids is 1. The minimum absolute atomic E-state index is 0.124. The van der Waals surface area contributed by atoms with Gasteiger partial charge >= 0.3 is 0 Å². The zero-order valence-electron chi connectivity index (χ0n) is 9.36. The van der Waals surface area contributed by atoms with Crippen LogP contribution in [0.2, 0.25) is 0 Å². The van der Waals surface area contributed by atoms with E-state index < -0.39 is 0 Å². The van der Waals surface area contributed by atoms with Crippen molar-refractivity contribution >= 4 is 5.91 Å². The van der Waals surface area contributed by atoms with Crippen molar-refractivity contribution in [1.82, 2.24) is 10.6 Å². The molecule has 14 heavy (non-hydrogen) atoms. The van der Waals surface area contributed by atoms with Gasteiger partial charge in [0.25, 0.3) is 0 Å². The van der Waals surface area contributed by atoms with Gasteiger partial charge in [0.15, 0.2) is 0 Å². The van der Waals surface area contributed by atoms with Crippen molar-refractivity contribution in [3.05, 3.63) is 0 Å². The second kappa shape index (κ2) is 5.35. The van der Waals surface area contributed by atoms with Crippen molar-refractivity contribution in [3.63, 3.8) is 0 Å². The van der Waals surface area contributed by atoms with Crippen molar-refractivity contribution in [2.24, 2.45) is 5.41 Å². The van der Waals surface area contributed by atoms with E-state index in [0.717, 1.165) is 19.5 Å². The molecule has 0 aromatic carbocycles. The molecule has 1 saturated carbocycles. The SMILES string of the molecule is CCCNC(=O)CNCC1(CC)CC1. The first-order valence-electron chi connectivity index (χ1n) is 5.70. The largest absolute Gasteiger partial charge is 0.355 e. The third-order valence-corrected chi connectivity index (χ3v) is 3.06. The van der Waals surface area contributed by atoms with E-state index in [9.17, 15) is 4.79 Å². The molecule has 1 aliphatic rings. The zero-order valence-corrected chi connectivity index (χ0v) is 9.36. The van der Waals surface area contributed by atoms with Gasteiger partial charge in [-0.3, -0.25) is 4.79 Å². The van der Waals surface area contributed by atoms with Crippen molar-refractivity contribution < 1.29 is 4.79 Å². The predicted molar refractivity (Wildman–Crippen MR) is 58.1 cm³/mol. The third kappa shape index (κ3) is 3.66. The van der Waals surface area contributed by atoms with Gasteiger partial charge in [-0.05, 0) is 31.1 Å². The highest BCUT2D eigenvalue weighted by Gasteiger charge is 2.39. The lowest BCUT2D eigenvalue weighted by molar-refractivity contribution is -0.120. The number of nitrogens with one attached hydrogen (secondary N) is 2. The molecule has 0 spiro atoms. The molecule has 0 aromatic rings. The van der Waals surface area contributed by atoms with Crippen molar-refractivity contribution in [2.45, 2.75) is 39.5 Å². The van der Waals surface area contributed by atoms with Crippen LogP contribution in [0.3, 0.4) is 0 Å². The standard InChI is InChI=1S/C11H22N2O/c1-3-7-13-10(14)8-12-9-11(4-2)5-6-11/h12H,3-9H2,1-2H3,(H,13,14). The highest BCUT2D eigenvalue weighted by Crippen LogP contribution is 2.47. The monoisotopic (exact) mass is 198 g/mol. The van der Waals surface area contributed by atoms with E-state index in [0.29, 0.717) is 12.0 Å². The average Bonchev–Trinajstić information content (AvgIpc) is 2.96. The molecule has 1 aliphatic carbocycles. The molecule has 0 aromatic heterocycles. The number of rotatable bonds is 7. The second-order valence-electron chi connectivity index (χ2n) is 4.31. The highest BCUT2D eigenvalue weighted by atomic mass is 16.1. The molecule has 1 rings (SSSR count). The molecule has 3 heteroatoms. The number of carbonyl (C=O) groups is 1. The predicted octanol–water partition coefficient (Wildman–Crippen LogP) is 1.29. The topological polar surface area (TPSA) is 41.1 Å². The minimum Gasteiger partial charge on any atom is -0.355 e. The Balaban J connectivity index is 2.00. The fraction of sp³-hybridized carbons (Fsp3) is 0.909. The Morgan fingerprint density at radius 2 is 2.07 bits per heavy atom. The van der Waals surface area contributed by atoms with Gasteiger partial charge in [-0.15, -0.1) is 0 Å². The van der Waals surface area contributed by atoms with Gasteiger partial charge in [-0.25, -0.2) is 0 Å². The Morgan fingerprint density at radius 1 is 1.36 bits per heavy atom. The first kappa shape index (κ1) is 11.5. The third-order valence-electron chi connectivity index (χ3n) is 3.06. The maximum atomic E-state index is 11.2. The second-order valence-corrected chi connectivity index (χ2v) is 4.31. The number of hydrogen-bond donors (Lipinski definition) is 2. The Labute approximate surface area is 86.6 Å². The summed E-state index contributed by atoms with van der Waals surface area (Å²) in [6.45, 7) is 6.56. The van der Waals surface area contributed by atoms with Crippen molar-refractivity contribution in [3.8, 4) is 0 Å². The molecule has 0 bridgehead atoms. The smallest absolute Gasteiger partial charge is 0.233 e. The first-order chi connectivity index (χ1) is 6.72. The molecular weight excluding hydrogens is 176 g/mol. The summed E-state index contributed by atoms with van der Waals surface area (Å²) in [5, 5.41) is 6.09. The van der Waals surface area contributed by atoms with Gasteiger partial charge in [0.1, 0.15) is 0 Å². The van der Waals surface area contributed by atoms with E-state index in [1.165, 1.54) is 19.3 Å². The normalized spacial score (nSPS) is 17.9. The Morgan fingerprint density at radius 3 is 2.57 bits per heavy atom. The van der Waals surface area contributed by atoms with E-state index >= 15 is 0 Å². The molecule has 3 nitrogen and oxygen atoms in total. The molecule has 0 atom stereocenters. The van der Waals surface area contributed by atoms with Crippen LogP contribution in [0, 0.1) is 5.41 Å². The van der Waals surface area contributed by atoms with Crippen molar-refractivity contribution in [1.29, 1.82) is 0 Å². The maximum absolute atomic E-state index is 11.2. The van der Waals surface area contributed by atoms with Gasteiger partial charge in [0.05, 0.1) is 6.54 Å². The van der Waals surface area contributed by atoms with E-state index in [4.69, 9.17) is 0 Å². The van der Waals surface area contributed by atoms with Crippen LogP contribution in [0.25, 0.3) is 0 Å². The van der Waals surface area contributed by atoms with Gasteiger partial charge in [0.2, 0.25) is 5.91 Å². The summed E-state index contributed by atoms with van der Waals surface area (Å²) in [6.07, 6.45) is 4.89. The quantitative estimate of drug-likeness (QED) is 0.647. The minimum atomic E-state index is 0.124. The molecule has 0 unspecified atom stereocenters. The van der Waals surface area contributed by atoms with Crippen LogP contribution in [0.1, 0.15) is 39.5 Å². The van der Waals surface area contributed by atoms with E-state index in [-0.39, 0.29) is 5.91 Å². The fourth-order valence-electron chi connectivity index (χ4n) is 1.60. The van der Waals surface area contributed by atoms with E-state index in [2.05, 4.69) is 24.5 Å². The molecule has 0 heterocycles. The summed E-state index contributed by atoms with van der Waals surface area (Å²) in [4.78, 5) is 11.2. The zero-order chi connectivity index (χ0) is 10.4. The summed E-state index contributed by atoms with van der Waals surface area (Å²) in [5.41, 5.74) is 0.533. The Bertz CT molecular complexity index is 188. The molecule has 0 radical (unpaired) electrons. The summed E-state index contributed by atoms with van der Waals surface area (Å²) in [6, 6.07) is 0. The van der Waals surface area contributed by atoms with Crippen LogP contribution >= 0.6 is 0 Å².